The van der Waals surface area contributed by atoms with Crippen molar-refractivity contribution in [2.75, 3.05) is 33.2 Å². The zero-order chi connectivity index (χ0) is 20.9. The van der Waals surface area contributed by atoms with Gasteiger partial charge in [0.15, 0.2) is 0 Å². The zero-order valence-electron chi connectivity index (χ0n) is 16.2. The van der Waals surface area contributed by atoms with Crippen molar-refractivity contribution in [3.8, 4) is 0 Å². The Morgan fingerprint density at radius 3 is 2.28 bits per heavy atom. The van der Waals surface area contributed by atoms with Crippen LogP contribution < -0.4 is 5.32 Å². The van der Waals surface area contributed by atoms with Crippen molar-refractivity contribution in [1.29, 1.82) is 0 Å². The molecule has 0 bridgehead atoms. The van der Waals surface area contributed by atoms with E-state index in [-0.39, 0.29) is 10.8 Å². The van der Waals surface area contributed by atoms with E-state index in [0.29, 0.717) is 24.7 Å². The Morgan fingerprint density at radius 2 is 1.66 bits per heavy atom. The van der Waals surface area contributed by atoms with E-state index in [4.69, 9.17) is 11.6 Å². The maximum atomic E-state index is 12.7. The number of amides is 1. The van der Waals surface area contributed by atoms with E-state index < -0.39 is 10.0 Å². The molecular formula is C21H24ClN3O3S. The van der Waals surface area contributed by atoms with Gasteiger partial charge in [0.05, 0.1) is 4.90 Å². The van der Waals surface area contributed by atoms with Crippen molar-refractivity contribution in [3.05, 3.63) is 70.8 Å². The number of rotatable bonds is 6. The van der Waals surface area contributed by atoms with E-state index in [1.807, 2.05) is 19.2 Å². The third-order valence-corrected chi connectivity index (χ3v) is 6.95. The Hall–Kier alpha value is -2.19. The van der Waals surface area contributed by atoms with Gasteiger partial charge in [-0.25, -0.2) is 8.42 Å². The number of benzene rings is 2. The lowest BCUT2D eigenvalue weighted by Crippen LogP contribution is -2.46. The molecule has 1 saturated heterocycles. The fourth-order valence-electron chi connectivity index (χ4n) is 2.95. The first-order valence-electron chi connectivity index (χ1n) is 9.34. The molecule has 29 heavy (non-hydrogen) atoms. The largest absolute Gasteiger partial charge is 0.348 e. The van der Waals surface area contributed by atoms with Crippen LogP contribution in [0.5, 0.6) is 0 Å². The third-order valence-electron chi connectivity index (χ3n) is 4.79. The lowest BCUT2D eigenvalue weighted by Gasteiger charge is -2.31. The number of nitrogens with zero attached hydrogens (tertiary/aromatic N) is 2. The summed E-state index contributed by atoms with van der Waals surface area (Å²) >= 11 is 5.84. The molecule has 2 aromatic carbocycles. The standard InChI is InChI=1S/C21H24ClN3O3S/c1-24-12-14-25(15-13-24)29(27,28)20-9-4-18(5-10-20)16-23-21(26)11-6-17-2-7-19(22)8-3-17/h2-11H,12-16H2,1H3,(H,23,26)/b11-6+. The molecule has 1 fully saturated rings. The SMILES string of the molecule is CN1CCN(S(=O)(=O)c2ccc(CNC(=O)/C=C/c3ccc(Cl)cc3)cc2)CC1. The number of carbonyl (C=O) groups excluding carboxylic acids is 1. The number of nitrogens with one attached hydrogen (secondary N) is 1. The van der Waals surface area contributed by atoms with Gasteiger partial charge in [0.1, 0.15) is 0 Å². The number of piperazine rings is 1. The van der Waals surface area contributed by atoms with E-state index in [2.05, 4.69) is 10.2 Å². The van der Waals surface area contributed by atoms with Crippen molar-refractivity contribution < 1.29 is 13.2 Å². The molecule has 1 heterocycles. The van der Waals surface area contributed by atoms with E-state index in [1.165, 1.54) is 10.4 Å². The molecule has 1 N–H and O–H groups in total. The Labute approximate surface area is 176 Å². The van der Waals surface area contributed by atoms with Gasteiger partial charge < -0.3 is 10.2 Å². The molecule has 2 aromatic rings. The quantitative estimate of drug-likeness (QED) is 0.711. The van der Waals surface area contributed by atoms with Crippen LogP contribution >= 0.6 is 11.6 Å². The van der Waals surface area contributed by atoms with E-state index in [0.717, 1.165) is 24.2 Å². The van der Waals surface area contributed by atoms with Crippen LogP contribution in [0.1, 0.15) is 11.1 Å². The lowest BCUT2D eigenvalue weighted by molar-refractivity contribution is -0.116. The Kier molecular flexibility index (Phi) is 7.08. The van der Waals surface area contributed by atoms with Gasteiger partial charge >= 0.3 is 0 Å². The summed E-state index contributed by atoms with van der Waals surface area (Å²) < 4.78 is 27.0. The molecule has 6 nitrogen and oxygen atoms in total. The van der Waals surface area contributed by atoms with Crippen LogP contribution in [0.4, 0.5) is 0 Å². The minimum Gasteiger partial charge on any atom is -0.348 e. The molecule has 0 radical (unpaired) electrons. The van der Waals surface area contributed by atoms with Crippen molar-refractivity contribution in [3.63, 3.8) is 0 Å². The predicted octanol–water partition coefficient (Wildman–Crippen LogP) is 2.61. The summed E-state index contributed by atoms with van der Waals surface area (Å²) in [6, 6.07) is 13.8. The van der Waals surface area contributed by atoms with Crippen molar-refractivity contribution in [2.24, 2.45) is 0 Å². The molecule has 0 spiro atoms. The summed E-state index contributed by atoms with van der Waals surface area (Å²) in [7, 11) is -1.49. The van der Waals surface area contributed by atoms with Gasteiger partial charge in [-0.2, -0.15) is 4.31 Å². The van der Waals surface area contributed by atoms with Crippen LogP contribution in [-0.4, -0.2) is 56.8 Å². The second kappa shape index (κ2) is 9.54. The van der Waals surface area contributed by atoms with E-state index in [1.54, 1.807) is 42.5 Å². The highest BCUT2D eigenvalue weighted by Crippen LogP contribution is 2.18. The lowest BCUT2D eigenvalue weighted by atomic mass is 10.2. The number of halogens is 1. The average Bonchev–Trinajstić information content (AvgIpc) is 2.72. The first kappa shape index (κ1) is 21.5. The molecule has 8 heteroatoms. The highest BCUT2D eigenvalue weighted by Gasteiger charge is 2.27. The normalized spacial score (nSPS) is 16.2. The van der Waals surface area contributed by atoms with Crippen LogP contribution in [0.2, 0.25) is 5.02 Å². The molecular weight excluding hydrogens is 410 g/mol. The van der Waals surface area contributed by atoms with Crippen LogP contribution in [0.25, 0.3) is 6.08 Å². The van der Waals surface area contributed by atoms with Crippen LogP contribution in [0.15, 0.2) is 59.5 Å². The van der Waals surface area contributed by atoms with Crippen molar-refractivity contribution >= 4 is 33.6 Å². The van der Waals surface area contributed by atoms with Crippen molar-refractivity contribution in [2.45, 2.75) is 11.4 Å². The van der Waals surface area contributed by atoms with Gasteiger partial charge in [-0.05, 0) is 48.5 Å². The molecule has 0 saturated carbocycles. The first-order chi connectivity index (χ1) is 13.8. The van der Waals surface area contributed by atoms with Gasteiger partial charge in [0.2, 0.25) is 15.9 Å². The summed E-state index contributed by atoms with van der Waals surface area (Å²) in [6.45, 7) is 2.77. The van der Waals surface area contributed by atoms with Crippen LogP contribution in [0.3, 0.4) is 0 Å². The maximum absolute atomic E-state index is 12.7. The smallest absolute Gasteiger partial charge is 0.244 e. The number of sulfonamides is 1. The second-order valence-corrected chi connectivity index (χ2v) is 9.33. The zero-order valence-corrected chi connectivity index (χ0v) is 17.8. The first-order valence-corrected chi connectivity index (χ1v) is 11.2. The minimum atomic E-state index is -3.48. The molecule has 154 valence electrons. The molecule has 0 aromatic heterocycles. The fourth-order valence-corrected chi connectivity index (χ4v) is 4.50. The van der Waals surface area contributed by atoms with Crippen molar-refractivity contribution in [1.82, 2.24) is 14.5 Å². The molecule has 0 atom stereocenters. The van der Waals surface area contributed by atoms with Crippen LogP contribution in [0, 0.1) is 0 Å². The van der Waals surface area contributed by atoms with Gasteiger partial charge in [0.25, 0.3) is 0 Å². The number of carbonyl (C=O) groups is 1. The summed E-state index contributed by atoms with van der Waals surface area (Å²) in [6.07, 6.45) is 3.16. The van der Waals surface area contributed by atoms with Gasteiger partial charge in [-0.15, -0.1) is 0 Å². The van der Waals surface area contributed by atoms with Crippen LogP contribution in [-0.2, 0) is 21.4 Å². The maximum Gasteiger partial charge on any atom is 0.244 e. The van der Waals surface area contributed by atoms with E-state index in [9.17, 15) is 13.2 Å². The number of hydrogen-bond acceptors (Lipinski definition) is 4. The molecule has 1 amide bonds. The summed E-state index contributed by atoms with van der Waals surface area (Å²) in [4.78, 5) is 14.4. The highest BCUT2D eigenvalue weighted by atomic mass is 35.5. The summed E-state index contributed by atoms with van der Waals surface area (Å²) in [5.74, 6) is -0.228. The Balaban J connectivity index is 1.55. The second-order valence-electron chi connectivity index (χ2n) is 6.95. The molecule has 1 aliphatic heterocycles. The summed E-state index contributed by atoms with van der Waals surface area (Å²) in [5, 5.41) is 3.43. The molecule has 0 unspecified atom stereocenters. The van der Waals surface area contributed by atoms with Gasteiger partial charge in [-0.3, -0.25) is 4.79 Å². The third kappa shape index (κ3) is 5.90. The number of hydrogen-bond donors (Lipinski definition) is 1. The topological polar surface area (TPSA) is 69.7 Å². The molecule has 1 aliphatic rings. The Morgan fingerprint density at radius 1 is 1.03 bits per heavy atom. The monoisotopic (exact) mass is 433 g/mol. The average molecular weight is 434 g/mol. The Bertz CT molecular complexity index is 965. The summed E-state index contributed by atoms with van der Waals surface area (Å²) in [5.41, 5.74) is 1.71. The number of likely N-dealkylation sites (N-methyl/N-ethyl adjacent to an activating group) is 1. The van der Waals surface area contributed by atoms with Gasteiger partial charge in [0, 0.05) is 43.8 Å². The minimum absolute atomic E-state index is 0.228. The molecule has 0 aliphatic carbocycles. The fraction of sp³-hybridized carbons (Fsp3) is 0.286. The van der Waals surface area contributed by atoms with E-state index >= 15 is 0 Å². The molecule has 3 rings (SSSR count). The van der Waals surface area contributed by atoms with Gasteiger partial charge in [-0.1, -0.05) is 35.9 Å². The predicted molar refractivity (Wildman–Crippen MR) is 115 cm³/mol. The highest BCUT2D eigenvalue weighted by molar-refractivity contribution is 7.89.